The molecule has 2 nitrogen and oxygen atoms in total. The van der Waals surface area contributed by atoms with Crippen molar-refractivity contribution in [3.05, 3.63) is 34.9 Å². The Morgan fingerprint density at radius 1 is 1.54 bits per heavy atom. The highest BCUT2D eigenvalue weighted by Gasteiger charge is 2.01. The Hall–Kier alpha value is -1.33. The van der Waals surface area contributed by atoms with Gasteiger partial charge in [-0.05, 0) is 37.5 Å². The topological polar surface area (TPSA) is 49.8 Å². The van der Waals surface area contributed by atoms with Crippen molar-refractivity contribution < 1.29 is 0 Å². The zero-order chi connectivity index (χ0) is 9.84. The van der Waals surface area contributed by atoms with Crippen molar-refractivity contribution >= 4 is 0 Å². The van der Waals surface area contributed by atoms with E-state index < -0.39 is 0 Å². The second kappa shape index (κ2) is 4.06. The largest absolute Gasteiger partial charge is 0.328 e. The summed E-state index contributed by atoms with van der Waals surface area (Å²) in [5.41, 5.74) is 8.58. The van der Waals surface area contributed by atoms with Gasteiger partial charge in [0.25, 0.3) is 0 Å². The van der Waals surface area contributed by atoms with E-state index in [2.05, 4.69) is 6.07 Å². The normalized spacial score (nSPS) is 12.2. The van der Waals surface area contributed by atoms with E-state index in [0.717, 1.165) is 23.1 Å². The minimum Gasteiger partial charge on any atom is -0.328 e. The molecule has 0 aromatic heterocycles. The SMILES string of the molecule is Cc1ccc(C[C@H](C)N)cc1C#N. The summed E-state index contributed by atoms with van der Waals surface area (Å²) < 4.78 is 0. The first-order chi connectivity index (χ1) is 6.13. The van der Waals surface area contributed by atoms with Gasteiger partial charge < -0.3 is 5.73 Å². The minimum atomic E-state index is 0.147. The molecule has 0 heterocycles. The molecule has 1 aromatic rings. The van der Waals surface area contributed by atoms with E-state index in [1.54, 1.807) is 0 Å². The van der Waals surface area contributed by atoms with Crippen LogP contribution in [0.25, 0.3) is 0 Å². The van der Waals surface area contributed by atoms with E-state index in [1.165, 1.54) is 0 Å². The number of benzene rings is 1. The van der Waals surface area contributed by atoms with Crippen LogP contribution in [0.5, 0.6) is 0 Å². The molecule has 2 heteroatoms. The van der Waals surface area contributed by atoms with Crippen LogP contribution in [0, 0.1) is 18.3 Å². The third kappa shape index (κ3) is 2.57. The number of nitriles is 1. The van der Waals surface area contributed by atoms with E-state index in [0.29, 0.717) is 0 Å². The van der Waals surface area contributed by atoms with Crippen LogP contribution in [-0.4, -0.2) is 6.04 Å². The highest BCUT2D eigenvalue weighted by Crippen LogP contribution is 2.11. The molecule has 2 N–H and O–H groups in total. The number of aryl methyl sites for hydroxylation is 1. The fraction of sp³-hybridized carbons (Fsp3) is 0.364. The Bertz CT molecular complexity index is 334. The Morgan fingerprint density at radius 3 is 2.77 bits per heavy atom. The lowest BCUT2D eigenvalue weighted by Crippen LogP contribution is -2.17. The van der Waals surface area contributed by atoms with Gasteiger partial charge >= 0.3 is 0 Å². The Kier molecular flexibility index (Phi) is 3.05. The lowest BCUT2D eigenvalue weighted by Gasteiger charge is -2.06. The number of nitrogens with zero attached hydrogens (tertiary/aromatic N) is 1. The molecular weight excluding hydrogens is 160 g/mol. The van der Waals surface area contributed by atoms with Crippen LogP contribution in [-0.2, 0) is 6.42 Å². The maximum atomic E-state index is 8.80. The first-order valence-corrected chi connectivity index (χ1v) is 4.38. The average molecular weight is 174 g/mol. The standard InChI is InChI=1S/C11H14N2/c1-8-3-4-10(5-9(2)13)6-11(8)7-12/h3-4,6,9H,5,13H2,1-2H3/t9-/m0/s1. The van der Waals surface area contributed by atoms with Gasteiger partial charge in [-0.1, -0.05) is 12.1 Å². The summed E-state index contributed by atoms with van der Waals surface area (Å²) in [6.07, 6.45) is 0.828. The van der Waals surface area contributed by atoms with Gasteiger partial charge in [-0.25, -0.2) is 0 Å². The third-order valence-electron chi connectivity index (χ3n) is 1.98. The van der Waals surface area contributed by atoms with Gasteiger partial charge in [0, 0.05) is 6.04 Å². The molecular formula is C11H14N2. The van der Waals surface area contributed by atoms with Gasteiger partial charge in [-0.3, -0.25) is 0 Å². The fourth-order valence-corrected chi connectivity index (χ4v) is 1.29. The summed E-state index contributed by atoms with van der Waals surface area (Å²) in [6.45, 7) is 3.90. The van der Waals surface area contributed by atoms with Crippen molar-refractivity contribution in [2.45, 2.75) is 26.3 Å². The van der Waals surface area contributed by atoms with E-state index in [-0.39, 0.29) is 6.04 Å². The van der Waals surface area contributed by atoms with Crippen molar-refractivity contribution in [3.63, 3.8) is 0 Å². The highest BCUT2D eigenvalue weighted by molar-refractivity contribution is 5.39. The molecule has 68 valence electrons. The molecule has 0 aliphatic heterocycles. The zero-order valence-electron chi connectivity index (χ0n) is 8.04. The van der Waals surface area contributed by atoms with Gasteiger partial charge in [0.2, 0.25) is 0 Å². The molecule has 13 heavy (non-hydrogen) atoms. The molecule has 0 saturated heterocycles. The van der Waals surface area contributed by atoms with Gasteiger partial charge in [0.05, 0.1) is 11.6 Å². The summed E-state index contributed by atoms with van der Waals surface area (Å²) in [5, 5.41) is 8.80. The van der Waals surface area contributed by atoms with E-state index in [1.807, 2.05) is 32.0 Å². The molecule has 0 aliphatic rings. The van der Waals surface area contributed by atoms with E-state index in [4.69, 9.17) is 11.0 Å². The Balaban J connectivity index is 2.95. The molecule has 1 aromatic carbocycles. The summed E-state index contributed by atoms with van der Waals surface area (Å²) in [7, 11) is 0. The van der Waals surface area contributed by atoms with E-state index >= 15 is 0 Å². The monoisotopic (exact) mass is 174 g/mol. The second-order valence-electron chi connectivity index (χ2n) is 3.44. The Morgan fingerprint density at radius 2 is 2.23 bits per heavy atom. The lowest BCUT2D eigenvalue weighted by molar-refractivity contribution is 0.738. The summed E-state index contributed by atoms with van der Waals surface area (Å²) in [4.78, 5) is 0. The molecule has 0 unspecified atom stereocenters. The molecule has 0 amide bonds. The van der Waals surface area contributed by atoms with Crippen LogP contribution in [0.4, 0.5) is 0 Å². The van der Waals surface area contributed by atoms with Gasteiger partial charge in [0.15, 0.2) is 0 Å². The van der Waals surface area contributed by atoms with Crippen molar-refractivity contribution in [1.29, 1.82) is 5.26 Å². The predicted octanol–water partition coefficient (Wildman–Crippen LogP) is 1.76. The number of rotatable bonds is 2. The first kappa shape index (κ1) is 9.76. The van der Waals surface area contributed by atoms with Crippen LogP contribution in [0.15, 0.2) is 18.2 Å². The van der Waals surface area contributed by atoms with Crippen LogP contribution < -0.4 is 5.73 Å². The van der Waals surface area contributed by atoms with Crippen LogP contribution in [0.3, 0.4) is 0 Å². The van der Waals surface area contributed by atoms with Gasteiger partial charge in [0.1, 0.15) is 0 Å². The zero-order valence-corrected chi connectivity index (χ0v) is 8.04. The summed E-state index contributed by atoms with van der Waals surface area (Å²) >= 11 is 0. The maximum absolute atomic E-state index is 8.80. The fourth-order valence-electron chi connectivity index (χ4n) is 1.29. The molecule has 0 aliphatic carbocycles. The molecule has 0 bridgehead atoms. The molecule has 0 fully saturated rings. The number of hydrogen-bond donors (Lipinski definition) is 1. The number of hydrogen-bond acceptors (Lipinski definition) is 2. The smallest absolute Gasteiger partial charge is 0.0994 e. The van der Waals surface area contributed by atoms with Crippen molar-refractivity contribution in [3.8, 4) is 6.07 Å². The molecule has 0 saturated carbocycles. The van der Waals surface area contributed by atoms with Crippen molar-refractivity contribution in [2.24, 2.45) is 5.73 Å². The Labute approximate surface area is 79.0 Å². The number of nitrogens with two attached hydrogens (primary N) is 1. The minimum absolute atomic E-state index is 0.147. The maximum Gasteiger partial charge on any atom is 0.0994 e. The van der Waals surface area contributed by atoms with Crippen LogP contribution in [0.1, 0.15) is 23.6 Å². The average Bonchev–Trinajstić information content (AvgIpc) is 2.07. The molecule has 1 atom stereocenters. The van der Waals surface area contributed by atoms with Crippen molar-refractivity contribution in [1.82, 2.24) is 0 Å². The quantitative estimate of drug-likeness (QED) is 0.742. The lowest BCUT2D eigenvalue weighted by atomic mass is 10.0. The van der Waals surface area contributed by atoms with Crippen molar-refractivity contribution in [2.75, 3.05) is 0 Å². The molecule has 0 spiro atoms. The predicted molar refractivity (Wildman–Crippen MR) is 53.2 cm³/mol. The second-order valence-corrected chi connectivity index (χ2v) is 3.44. The highest BCUT2D eigenvalue weighted by atomic mass is 14.6. The van der Waals surface area contributed by atoms with Gasteiger partial charge in [-0.15, -0.1) is 0 Å². The molecule has 1 rings (SSSR count). The third-order valence-corrected chi connectivity index (χ3v) is 1.98. The first-order valence-electron chi connectivity index (χ1n) is 4.38. The van der Waals surface area contributed by atoms with Gasteiger partial charge in [-0.2, -0.15) is 5.26 Å². The van der Waals surface area contributed by atoms with Crippen LogP contribution in [0.2, 0.25) is 0 Å². The van der Waals surface area contributed by atoms with Crippen LogP contribution >= 0.6 is 0 Å². The van der Waals surface area contributed by atoms with E-state index in [9.17, 15) is 0 Å². The summed E-state index contributed by atoms with van der Waals surface area (Å²) in [5.74, 6) is 0. The summed E-state index contributed by atoms with van der Waals surface area (Å²) in [6, 6.07) is 8.23. The molecule has 0 radical (unpaired) electrons.